The van der Waals surface area contributed by atoms with Crippen molar-refractivity contribution >= 4 is 37.8 Å². The van der Waals surface area contributed by atoms with Crippen LogP contribution in [0.4, 0.5) is 0 Å². The van der Waals surface area contributed by atoms with E-state index in [4.69, 9.17) is 10.5 Å². The monoisotopic (exact) mass is 365 g/mol. The molecule has 0 saturated heterocycles. The molecule has 0 aliphatic heterocycles. The van der Waals surface area contributed by atoms with Crippen LogP contribution < -0.4 is 5.73 Å². The first kappa shape index (κ1) is 14.5. The Morgan fingerprint density at radius 2 is 2.18 bits per heavy atom. The highest BCUT2D eigenvalue weighted by Crippen LogP contribution is 2.35. The van der Waals surface area contributed by atoms with Gasteiger partial charge in [0.1, 0.15) is 5.75 Å². The van der Waals surface area contributed by atoms with Crippen LogP contribution in [0.5, 0.6) is 5.75 Å². The zero-order chi connectivity index (χ0) is 13.0. The van der Waals surface area contributed by atoms with Crippen LogP contribution in [0.2, 0.25) is 0 Å². The molecule has 0 spiro atoms. The van der Waals surface area contributed by atoms with E-state index in [9.17, 15) is 9.90 Å². The molecule has 1 aromatic rings. The van der Waals surface area contributed by atoms with E-state index < -0.39 is 6.04 Å². The van der Waals surface area contributed by atoms with Crippen LogP contribution in [-0.2, 0) is 9.53 Å². The number of hydrogen-bond donors (Lipinski definition) is 2. The van der Waals surface area contributed by atoms with Gasteiger partial charge < -0.3 is 15.6 Å². The smallest absolute Gasteiger partial charge is 0.307 e. The van der Waals surface area contributed by atoms with Gasteiger partial charge in [-0.25, -0.2) is 0 Å². The lowest BCUT2D eigenvalue weighted by Crippen LogP contribution is -2.17. The summed E-state index contributed by atoms with van der Waals surface area (Å²) in [5.74, 6) is -0.333. The highest BCUT2D eigenvalue weighted by Gasteiger charge is 2.18. The minimum absolute atomic E-state index is 0.0320. The van der Waals surface area contributed by atoms with E-state index >= 15 is 0 Å². The lowest BCUT2D eigenvalue weighted by atomic mass is 10.0. The van der Waals surface area contributed by atoms with Gasteiger partial charge in [-0.3, -0.25) is 4.79 Å². The van der Waals surface area contributed by atoms with E-state index in [1.165, 1.54) is 0 Å². The fourth-order valence-corrected chi connectivity index (χ4v) is 2.64. The maximum absolute atomic E-state index is 11.3. The summed E-state index contributed by atoms with van der Waals surface area (Å²) >= 11 is 6.51. The van der Waals surface area contributed by atoms with E-state index in [2.05, 4.69) is 31.9 Å². The number of ether oxygens (including phenoxy) is 1. The Morgan fingerprint density at radius 1 is 1.53 bits per heavy atom. The first-order valence-electron chi connectivity index (χ1n) is 5.04. The van der Waals surface area contributed by atoms with Crippen molar-refractivity contribution in [3.05, 3.63) is 26.6 Å². The van der Waals surface area contributed by atoms with Gasteiger partial charge >= 0.3 is 5.97 Å². The first-order valence-corrected chi connectivity index (χ1v) is 6.63. The molecule has 1 aromatic carbocycles. The van der Waals surface area contributed by atoms with Crippen LogP contribution in [0, 0.1) is 0 Å². The first-order chi connectivity index (χ1) is 7.95. The van der Waals surface area contributed by atoms with Gasteiger partial charge in [0.2, 0.25) is 0 Å². The van der Waals surface area contributed by atoms with Crippen molar-refractivity contribution in [1.29, 1.82) is 0 Å². The van der Waals surface area contributed by atoms with E-state index in [-0.39, 0.29) is 18.1 Å². The number of rotatable bonds is 4. The Labute approximate surface area is 116 Å². The highest BCUT2D eigenvalue weighted by molar-refractivity contribution is 9.11. The minimum atomic E-state index is -0.595. The normalized spacial score (nSPS) is 12.2. The number of esters is 1. The van der Waals surface area contributed by atoms with Crippen molar-refractivity contribution < 1.29 is 14.6 Å². The van der Waals surface area contributed by atoms with Gasteiger partial charge in [-0.1, -0.05) is 15.9 Å². The van der Waals surface area contributed by atoms with Gasteiger partial charge in [0.25, 0.3) is 0 Å². The summed E-state index contributed by atoms with van der Waals surface area (Å²) in [5.41, 5.74) is 6.36. The van der Waals surface area contributed by atoms with Crippen LogP contribution in [-0.4, -0.2) is 17.7 Å². The summed E-state index contributed by atoms with van der Waals surface area (Å²) < 4.78 is 6.11. The van der Waals surface area contributed by atoms with E-state index in [0.717, 1.165) is 4.47 Å². The van der Waals surface area contributed by atoms with Crippen LogP contribution in [0.3, 0.4) is 0 Å². The molecule has 0 aromatic heterocycles. The zero-order valence-electron chi connectivity index (χ0n) is 9.24. The Hall–Kier alpha value is -0.590. The van der Waals surface area contributed by atoms with Gasteiger partial charge in [0, 0.05) is 16.1 Å². The lowest BCUT2D eigenvalue weighted by molar-refractivity contribution is -0.143. The molecule has 0 radical (unpaired) electrons. The van der Waals surface area contributed by atoms with Gasteiger partial charge in [-0.2, -0.15) is 0 Å². The van der Waals surface area contributed by atoms with E-state index in [1.54, 1.807) is 19.1 Å². The van der Waals surface area contributed by atoms with Crippen molar-refractivity contribution in [3.63, 3.8) is 0 Å². The van der Waals surface area contributed by atoms with E-state index in [1.807, 2.05) is 0 Å². The van der Waals surface area contributed by atoms with Crippen LogP contribution in [0.25, 0.3) is 0 Å². The molecule has 6 heteroatoms. The summed E-state index contributed by atoms with van der Waals surface area (Å²) in [6.07, 6.45) is 0.0320. The molecule has 1 atom stereocenters. The highest BCUT2D eigenvalue weighted by atomic mass is 79.9. The topological polar surface area (TPSA) is 72.5 Å². The number of carbonyl (C=O) groups excluding carboxylic acids is 1. The van der Waals surface area contributed by atoms with Crippen molar-refractivity contribution in [2.75, 3.05) is 6.61 Å². The summed E-state index contributed by atoms with van der Waals surface area (Å²) in [5, 5.41) is 9.84. The molecule has 17 heavy (non-hydrogen) atoms. The lowest BCUT2D eigenvalue weighted by Gasteiger charge is -2.14. The maximum atomic E-state index is 11.3. The summed E-state index contributed by atoms with van der Waals surface area (Å²) in [6, 6.07) is 2.79. The van der Waals surface area contributed by atoms with Crippen molar-refractivity contribution in [2.45, 2.75) is 19.4 Å². The molecule has 0 heterocycles. The molecule has 3 N–H and O–H groups in total. The third-order valence-corrected chi connectivity index (χ3v) is 3.21. The largest absolute Gasteiger partial charge is 0.506 e. The zero-order valence-corrected chi connectivity index (χ0v) is 12.4. The fraction of sp³-hybridized carbons (Fsp3) is 0.364. The van der Waals surface area contributed by atoms with Crippen molar-refractivity contribution in [1.82, 2.24) is 0 Å². The SMILES string of the molecule is CCOC(=O)C[C@H](N)c1cc(Br)cc(Br)c1O. The third kappa shape index (κ3) is 3.97. The molecule has 0 unspecified atom stereocenters. The molecule has 0 saturated carbocycles. The number of halogens is 2. The molecule has 0 amide bonds. The predicted molar refractivity (Wildman–Crippen MR) is 71.7 cm³/mol. The van der Waals surface area contributed by atoms with Crippen molar-refractivity contribution in [2.24, 2.45) is 5.73 Å². The number of nitrogens with two attached hydrogens (primary N) is 1. The molecule has 4 nitrogen and oxygen atoms in total. The molecule has 1 rings (SSSR count). The molecule has 94 valence electrons. The second kappa shape index (κ2) is 6.37. The van der Waals surface area contributed by atoms with E-state index in [0.29, 0.717) is 16.6 Å². The molecule has 0 aliphatic rings. The quantitative estimate of drug-likeness (QED) is 0.803. The third-order valence-electron chi connectivity index (χ3n) is 2.15. The maximum Gasteiger partial charge on any atom is 0.307 e. The number of phenols is 1. The average Bonchev–Trinajstić information content (AvgIpc) is 2.23. The average molecular weight is 367 g/mol. The van der Waals surface area contributed by atoms with Gasteiger partial charge in [-0.15, -0.1) is 0 Å². The van der Waals surface area contributed by atoms with Crippen LogP contribution >= 0.6 is 31.9 Å². The van der Waals surface area contributed by atoms with Crippen molar-refractivity contribution in [3.8, 4) is 5.75 Å². The number of hydrogen-bond acceptors (Lipinski definition) is 4. The molecule has 0 aliphatic carbocycles. The fourth-order valence-electron chi connectivity index (χ4n) is 1.38. The predicted octanol–water partition coefficient (Wildman–Crippen LogP) is 2.87. The van der Waals surface area contributed by atoms with Gasteiger partial charge in [-0.05, 0) is 35.0 Å². The van der Waals surface area contributed by atoms with Crippen LogP contribution in [0.15, 0.2) is 21.1 Å². The number of carbonyl (C=O) groups is 1. The van der Waals surface area contributed by atoms with Gasteiger partial charge in [0.15, 0.2) is 0 Å². The molecule has 0 bridgehead atoms. The second-order valence-corrected chi connectivity index (χ2v) is 5.21. The van der Waals surface area contributed by atoms with Gasteiger partial charge in [0.05, 0.1) is 17.5 Å². The number of benzene rings is 1. The summed E-state index contributed by atoms with van der Waals surface area (Å²) in [6.45, 7) is 2.05. The standard InChI is InChI=1S/C11H13Br2NO3/c1-2-17-10(15)5-9(14)7-3-6(12)4-8(13)11(7)16/h3-4,9,16H,2,5,14H2,1H3/t9-/m0/s1. The Kier molecular flexibility index (Phi) is 5.42. The molecular weight excluding hydrogens is 354 g/mol. The van der Waals surface area contributed by atoms with Crippen LogP contribution in [0.1, 0.15) is 24.9 Å². The molecular formula is C11H13Br2NO3. The second-order valence-electron chi connectivity index (χ2n) is 3.44. The Balaban J connectivity index is 2.88. The molecule has 0 fully saturated rings. The summed E-state index contributed by atoms with van der Waals surface area (Å²) in [4.78, 5) is 11.3. The summed E-state index contributed by atoms with van der Waals surface area (Å²) in [7, 11) is 0. The number of aromatic hydroxyl groups is 1. The Morgan fingerprint density at radius 3 is 2.76 bits per heavy atom. The number of phenolic OH excluding ortho intramolecular Hbond substituents is 1. The minimum Gasteiger partial charge on any atom is -0.506 e. The Bertz CT molecular complexity index is 423.